The van der Waals surface area contributed by atoms with Gasteiger partial charge >= 0.3 is 0 Å². The van der Waals surface area contributed by atoms with Gasteiger partial charge in [-0.25, -0.2) is 31.3 Å². The van der Waals surface area contributed by atoms with Gasteiger partial charge in [-0.2, -0.15) is 0 Å². The van der Waals surface area contributed by atoms with Crippen LogP contribution in [0.4, 0.5) is 5.82 Å². The van der Waals surface area contributed by atoms with Crippen LogP contribution in [0.25, 0.3) is 0 Å². The van der Waals surface area contributed by atoms with E-state index in [2.05, 4.69) is 14.4 Å². The third kappa shape index (κ3) is 3.91. The molecule has 1 heterocycles. The average Bonchev–Trinajstić information content (AvgIpc) is 2.29. The summed E-state index contributed by atoms with van der Waals surface area (Å²) < 4.78 is 50.0. The third-order valence-electron chi connectivity index (χ3n) is 2.06. The van der Waals surface area contributed by atoms with Crippen molar-refractivity contribution in [3.05, 3.63) is 18.3 Å². The molecule has 0 fully saturated rings. The highest BCUT2D eigenvalue weighted by molar-refractivity contribution is 7.90. The van der Waals surface area contributed by atoms with Gasteiger partial charge in [0.05, 0.1) is 5.75 Å². The van der Waals surface area contributed by atoms with E-state index in [-0.39, 0.29) is 23.0 Å². The lowest BCUT2D eigenvalue weighted by Gasteiger charge is -2.08. The zero-order valence-corrected chi connectivity index (χ0v) is 11.3. The van der Waals surface area contributed by atoms with E-state index in [1.165, 1.54) is 25.4 Å². The molecule has 102 valence electrons. The predicted octanol–water partition coefficient (Wildman–Crippen LogP) is -1.51. The summed E-state index contributed by atoms with van der Waals surface area (Å²) in [6.45, 7) is -0.250. The van der Waals surface area contributed by atoms with Crippen LogP contribution in [0.15, 0.2) is 23.2 Å². The van der Waals surface area contributed by atoms with Gasteiger partial charge in [0.2, 0.25) is 20.0 Å². The van der Waals surface area contributed by atoms with Gasteiger partial charge in [-0.1, -0.05) is 0 Å². The second-order valence-corrected chi connectivity index (χ2v) is 7.09. The summed E-state index contributed by atoms with van der Waals surface area (Å²) >= 11 is 0. The Bertz CT molecular complexity index is 612. The molecule has 0 aromatic carbocycles. The highest BCUT2D eigenvalue weighted by Gasteiger charge is 2.18. The second kappa shape index (κ2) is 5.61. The van der Waals surface area contributed by atoms with Crippen LogP contribution in [0, 0.1) is 0 Å². The zero-order chi connectivity index (χ0) is 13.8. The second-order valence-electron chi connectivity index (χ2n) is 3.31. The van der Waals surface area contributed by atoms with E-state index in [1.807, 2.05) is 0 Å². The Labute approximate surface area is 106 Å². The van der Waals surface area contributed by atoms with E-state index in [0.29, 0.717) is 0 Å². The van der Waals surface area contributed by atoms with Gasteiger partial charge in [0.15, 0.2) is 0 Å². The number of sulfonamides is 2. The molecular weight excluding hydrogens is 280 g/mol. The lowest BCUT2D eigenvalue weighted by molar-refractivity contribution is 0.578. The third-order valence-corrected chi connectivity index (χ3v) is 4.94. The normalized spacial score (nSPS) is 12.5. The van der Waals surface area contributed by atoms with Crippen LogP contribution in [0.3, 0.4) is 0 Å². The molecule has 0 unspecified atom stereocenters. The number of aromatic nitrogens is 1. The number of rotatable bonds is 6. The maximum atomic E-state index is 11.8. The van der Waals surface area contributed by atoms with E-state index >= 15 is 0 Å². The molecule has 1 aromatic heterocycles. The van der Waals surface area contributed by atoms with Gasteiger partial charge in [0.1, 0.15) is 10.7 Å². The molecule has 10 heteroatoms. The van der Waals surface area contributed by atoms with E-state index in [0.717, 1.165) is 0 Å². The van der Waals surface area contributed by atoms with E-state index in [4.69, 9.17) is 5.73 Å². The van der Waals surface area contributed by atoms with E-state index in [1.54, 1.807) is 0 Å². The first-order valence-electron chi connectivity index (χ1n) is 4.90. The summed E-state index contributed by atoms with van der Waals surface area (Å²) in [6, 6.07) is 2.71. The summed E-state index contributed by atoms with van der Waals surface area (Å²) in [4.78, 5) is 3.47. The zero-order valence-electron chi connectivity index (χ0n) is 9.62. The molecule has 8 nitrogen and oxygen atoms in total. The Morgan fingerprint density at radius 1 is 1.33 bits per heavy atom. The van der Waals surface area contributed by atoms with Crippen LogP contribution in [0.5, 0.6) is 0 Å². The number of nitrogen functional groups attached to an aromatic ring is 1. The minimum absolute atomic E-state index is 0.138. The molecule has 4 N–H and O–H groups in total. The number of anilines is 1. The topological polar surface area (TPSA) is 131 Å². The Kier molecular flexibility index (Phi) is 4.62. The molecule has 1 aromatic rings. The van der Waals surface area contributed by atoms with Crippen LogP contribution in [-0.4, -0.2) is 41.2 Å². The highest BCUT2D eigenvalue weighted by atomic mass is 32.2. The minimum Gasteiger partial charge on any atom is -0.383 e. The fraction of sp³-hybridized carbons (Fsp3) is 0.375. The number of hydrogen-bond donors (Lipinski definition) is 3. The Balaban J connectivity index is 2.76. The van der Waals surface area contributed by atoms with Gasteiger partial charge in [-0.15, -0.1) is 0 Å². The fourth-order valence-electron chi connectivity index (χ4n) is 1.12. The predicted molar refractivity (Wildman–Crippen MR) is 66.7 cm³/mol. The van der Waals surface area contributed by atoms with Gasteiger partial charge in [-0.05, 0) is 19.2 Å². The van der Waals surface area contributed by atoms with Crippen LogP contribution in [0.1, 0.15) is 0 Å². The standard InChI is InChI=1S/C8H14N4O4S2/c1-10-17(13,14)6-5-12-18(15,16)7-3-2-4-11-8(7)9/h2-4,10,12H,5-6H2,1H3,(H2,9,11). The molecule has 0 saturated heterocycles. The van der Waals surface area contributed by atoms with Crippen molar-refractivity contribution in [2.24, 2.45) is 0 Å². The van der Waals surface area contributed by atoms with Crippen molar-refractivity contribution in [3.63, 3.8) is 0 Å². The molecule has 18 heavy (non-hydrogen) atoms. The summed E-state index contributed by atoms with van der Waals surface area (Å²) in [6.07, 6.45) is 1.36. The molecule has 0 aliphatic carbocycles. The van der Waals surface area contributed by atoms with Crippen molar-refractivity contribution in [3.8, 4) is 0 Å². The molecule has 0 aliphatic rings. The van der Waals surface area contributed by atoms with E-state index < -0.39 is 20.0 Å². The first-order valence-corrected chi connectivity index (χ1v) is 8.03. The number of pyridine rings is 1. The van der Waals surface area contributed by atoms with Crippen molar-refractivity contribution >= 4 is 25.9 Å². The van der Waals surface area contributed by atoms with E-state index in [9.17, 15) is 16.8 Å². The van der Waals surface area contributed by atoms with Crippen LogP contribution in [-0.2, 0) is 20.0 Å². The smallest absolute Gasteiger partial charge is 0.244 e. The molecule has 0 bridgehead atoms. The van der Waals surface area contributed by atoms with Crippen molar-refractivity contribution < 1.29 is 16.8 Å². The van der Waals surface area contributed by atoms with Crippen molar-refractivity contribution in [2.75, 3.05) is 25.1 Å². The van der Waals surface area contributed by atoms with Crippen LogP contribution in [0.2, 0.25) is 0 Å². The average molecular weight is 294 g/mol. The van der Waals surface area contributed by atoms with Crippen LogP contribution >= 0.6 is 0 Å². The lowest BCUT2D eigenvalue weighted by Crippen LogP contribution is -2.33. The van der Waals surface area contributed by atoms with Gasteiger partial charge in [-0.3, -0.25) is 0 Å². The Morgan fingerprint density at radius 3 is 2.56 bits per heavy atom. The monoisotopic (exact) mass is 294 g/mol. The molecule has 0 saturated carbocycles. The molecular formula is C8H14N4O4S2. The first-order chi connectivity index (χ1) is 8.28. The molecule has 0 atom stereocenters. The number of hydrogen-bond acceptors (Lipinski definition) is 6. The lowest BCUT2D eigenvalue weighted by atomic mass is 10.5. The highest BCUT2D eigenvalue weighted by Crippen LogP contribution is 2.13. The number of nitrogens with two attached hydrogens (primary N) is 1. The molecule has 0 spiro atoms. The SMILES string of the molecule is CNS(=O)(=O)CCNS(=O)(=O)c1cccnc1N. The molecule has 0 radical (unpaired) electrons. The molecule has 0 amide bonds. The van der Waals surface area contributed by atoms with Gasteiger partial charge in [0.25, 0.3) is 0 Å². The van der Waals surface area contributed by atoms with Gasteiger partial charge < -0.3 is 5.73 Å². The van der Waals surface area contributed by atoms with Gasteiger partial charge in [0, 0.05) is 12.7 Å². The summed E-state index contributed by atoms with van der Waals surface area (Å²) in [7, 11) is -6.06. The largest absolute Gasteiger partial charge is 0.383 e. The number of nitrogens with one attached hydrogen (secondary N) is 2. The van der Waals surface area contributed by atoms with Crippen molar-refractivity contribution in [2.45, 2.75) is 4.90 Å². The van der Waals surface area contributed by atoms with Crippen molar-refractivity contribution in [1.29, 1.82) is 0 Å². The Hall–Kier alpha value is -1.23. The quantitative estimate of drug-likeness (QED) is 0.584. The van der Waals surface area contributed by atoms with Crippen LogP contribution < -0.4 is 15.2 Å². The summed E-state index contributed by atoms with van der Waals surface area (Å²) in [5, 5.41) is 0. The summed E-state index contributed by atoms with van der Waals surface area (Å²) in [5.74, 6) is -0.496. The number of nitrogens with zero attached hydrogens (tertiary/aromatic N) is 1. The minimum atomic E-state index is -3.85. The Morgan fingerprint density at radius 2 is 2.00 bits per heavy atom. The summed E-state index contributed by atoms with van der Waals surface area (Å²) in [5.41, 5.74) is 5.43. The van der Waals surface area contributed by atoms with Crippen molar-refractivity contribution in [1.82, 2.24) is 14.4 Å². The molecule has 0 aliphatic heterocycles. The fourth-order valence-corrected chi connectivity index (χ4v) is 2.94. The maximum absolute atomic E-state index is 11.8. The maximum Gasteiger partial charge on any atom is 0.244 e. The first kappa shape index (κ1) is 14.8. The molecule has 1 rings (SSSR count).